The number of nitrogen functional groups attached to an aromatic ring is 1. The number of H-pyrrole nitrogens is 1. The molecule has 3 N–H and O–H groups in total. The van der Waals surface area contributed by atoms with Gasteiger partial charge >= 0.3 is 0 Å². The Labute approximate surface area is 125 Å². The largest absolute Gasteiger partial charge is 0.384 e. The molecule has 1 aromatic heterocycles. The van der Waals surface area contributed by atoms with E-state index in [1.807, 2.05) is 18.2 Å². The van der Waals surface area contributed by atoms with E-state index in [0.29, 0.717) is 18.0 Å². The van der Waals surface area contributed by atoms with Crippen LogP contribution in [0.2, 0.25) is 0 Å². The lowest BCUT2D eigenvalue weighted by Gasteiger charge is -2.17. The zero-order valence-electron chi connectivity index (χ0n) is 11.9. The normalized spacial score (nSPS) is 12.7. The van der Waals surface area contributed by atoms with Crippen molar-refractivity contribution in [2.24, 2.45) is 0 Å². The molecule has 0 aliphatic carbocycles. The van der Waals surface area contributed by atoms with Crippen molar-refractivity contribution in [2.45, 2.75) is 5.92 Å². The summed E-state index contributed by atoms with van der Waals surface area (Å²) in [6, 6.07) is 9.05. The lowest BCUT2D eigenvalue weighted by molar-refractivity contribution is 0.189. The summed E-state index contributed by atoms with van der Waals surface area (Å²) < 4.78 is 32.2. The predicted molar refractivity (Wildman–Crippen MR) is 80.6 cm³/mol. The molecule has 114 valence electrons. The van der Waals surface area contributed by atoms with Crippen LogP contribution in [0.3, 0.4) is 0 Å². The number of fused-ring (bicyclic) bond motifs is 1. The highest BCUT2D eigenvalue weighted by Crippen LogP contribution is 2.30. The maximum Gasteiger partial charge on any atom is 0.153 e. The van der Waals surface area contributed by atoms with Crippen molar-refractivity contribution in [1.82, 2.24) is 10.2 Å². The highest BCUT2D eigenvalue weighted by molar-refractivity contribution is 5.89. The van der Waals surface area contributed by atoms with Crippen molar-refractivity contribution in [3.8, 4) is 0 Å². The first-order valence-electron chi connectivity index (χ1n) is 6.77. The van der Waals surface area contributed by atoms with Crippen molar-refractivity contribution in [2.75, 3.05) is 19.5 Å². The molecule has 0 spiro atoms. The zero-order chi connectivity index (χ0) is 15.7. The molecular formula is C16H15F2N3O. The van der Waals surface area contributed by atoms with Crippen LogP contribution in [0.5, 0.6) is 0 Å². The minimum absolute atomic E-state index is 0.297. The number of ether oxygens (including phenoxy) is 1. The average Bonchev–Trinajstić information content (AvgIpc) is 2.85. The van der Waals surface area contributed by atoms with Crippen LogP contribution >= 0.6 is 0 Å². The number of hydrogen-bond acceptors (Lipinski definition) is 3. The second kappa shape index (κ2) is 5.73. The maximum atomic E-state index is 13.5. The van der Waals surface area contributed by atoms with Gasteiger partial charge in [-0.25, -0.2) is 8.78 Å². The molecule has 0 amide bonds. The number of hydrogen-bond donors (Lipinski definition) is 2. The lowest BCUT2D eigenvalue weighted by atomic mass is 9.91. The first-order chi connectivity index (χ1) is 10.6. The summed E-state index contributed by atoms with van der Waals surface area (Å²) in [5, 5.41) is 7.54. The molecule has 3 aromatic rings. The fourth-order valence-electron chi connectivity index (χ4n) is 2.60. The lowest BCUT2D eigenvalue weighted by Crippen LogP contribution is -2.09. The van der Waals surface area contributed by atoms with Crippen molar-refractivity contribution >= 4 is 16.7 Å². The molecule has 0 saturated heterocycles. The molecule has 4 nitrogen and oxygen atoms in total. The Kier molecular flexibility index (Phi) is 3.77. The highest BCUT2D eigenvalue weighted by Gasteiger charge is 2.17. The molecule has 0 aliphatic heterocycles. The molecule has 3 rings (SSSR count). The maximum absolute atomic E-state index is 13.5. The molecule has 22 heavy (non-hydrogen) atoms. The van der Waals surface area contributed by atoms with Gasteiger partial charge in [0, 0.05) is 24.5 Å². The van der Waals surface area contributed by atoms with E-state index in [-0.39, 0.29) is 5.92 Å². The minimum Gasteiger partial charge on any atom is -0.384 e. The Morgan fingerprint density at radius 3 is 2.55 bits per heavy atom. The van der Waals surface area contributed by atoms with Gasteiger partial charge in [-0.05, 0) is 35.4 Å². The molecule has 1 heterocycles. The van der Waals surface area contributed by atoms with Crippen LogP contribution in [0.1, 0.15) is 17.0 Å². The SMILES string of the molecule is COCC(c1cc(F)cc(F)c1)c1ccc2[nH]nc(N)c2c1. The fourth-order valence-corrected chi connectivity index (χ4v) is 2.60. The minimum atomic E-state index is -0.611. The molecule has 0 aliphatic rings. The van der Waals surface area contributed by atoms with Crippen LogP contribution in [0.4, 0.5) is 14.6 Å². The third kappa shape index (κ3) is 2.65. The van der Waals surface area contributed by atoms with E-state index in [1.54, 1.807) is 7.11 Å². The molecule has 2 aromatic carbocycles. The summed E-state index contributed by atoms with van der Waals surface area (Å²) in [5.41, 5.74) is 7.99. The number of methoxy groups -OCH3 is 1. The van der Waals surface area contributed by atoms with Crippen molar-refractivity contribution in [3.63, 3.8) is 0 Å². The summed E-state index contributed by atoms with van der Waals surface area (Å²) in [7, 11) is 1.55. The van der Waals surface area contributed by atoms with Gasteiger partial charge < -0.3 is 10.5 Å². The van der Waals surface area contributed by atoms with Crippen molar-refractivity contribution in [1.29, 1.82) is 0 Å². The van der Waals surface area contributed by atoms with Crippen molar-refractivity contribution in [3.05, 3.63) is 59.2 Å². The Morgan fingerprint density at radius 1 is 1.14 bits per heavy atom. The summed E-state index contributed by atoms with van der Waals surface area (Å²) in [5.74, 6) is -1.13. The molecule has 1 unspecified atom stereocenters. The molecule has 0 saturated carbocycles. The third-order valence-electron chi connectivity index (χ3n) is 3.64. The van der Waals surface area contributed by atoms with Gasteiger partial charge in [-0.3, -0.25) is 5.10 Å². The monoisotopic (exact) mass is 303 g/mol. The van der Waals surface area contributed by atoms with Gasteiger partial charge in [0.2, 0.25) is 0 Å². The van der Waals surface area contributed by atoms with E-state index in [2.05, 4.69) is 10.2 Å². The number of aromatic amines is 1. The van der Waals surface area contributed by atoms with E-state index in [9.17, 15) is 8.78 Å². The summed E-state index contributed by atoms with van der Waals surface area (Å²) >= 11 is 0. The Bertz CT molecular complexity index is 796. The summed E-state index contributed by atoms with van der Waals surface area (Å²) in [6.45, 7) is 0.298. The van der Waals surface area contributed by atoms with E-state index in [0.717, 1.165) is 22.5 Å². The topological polar surface area (TPSA) is 63.9 Å². The number of aromatic nitrogens is 2. The van der Waals surface area contributed by atoms with Crippen molar-refractivity contribution < 1.29 is 13.5 Å². The van der Waals surface area contributed by atoms with Crippen LogP contribution in [0.25, 0.3) is 10.9 Å². The number of halogens is 2. The number of nitrogens with one attached hydrogen (secondary N) is 1. The molecule has 1 atom stereocenters. The van der Waals surface area contributed by atoms with Gasteiger partial charge in [0.25, 0.3) is 0 Å². The zero-order valence-corrected chi connectivity index (χ0v) is 11.9. The van der Waals surface area contributed by atoms with Crippen LogP contribution in [0.15, 0.2) is 36.4 Å². The summed E-state index contributed by atoms with van der Waals surface area (Å²) in [4.78, 5) is 0. The molecule has 0 bridgehead atoms. The standard InChI is InChI=1S/C16H15F2N3O/c1-22-8-14(10-4-11(17)7-12(18)5-10)9-2-3-15-13(6-9)16(19)21-20-15/h2-7,14H,8H2,1H3,(H3,19,20,21). The Morgan fingerprint density at radius 2 is 1.86 bits per heavy atom. The van der Waals surface area contributed by atoms with E-state index >= 15 is 0 Å². The fraction of sp³-hybridized carbons (Fsp3) is 0.188. The molecular weight excluding hydrogens is 288 g/mol. The van der Waals surface area contributed by atoms with Crippen LogP contribution in [-0.4, -0.2) is 23.9 Å². The Hall–Kier alpha value is -2.47. The predicted octanol–water partition coefficient (Wildman–Crippen LogP) is 3.20. The van der Waals surface area contributed by atoms with Gasteiger partial charge in [-0.1, -0.05) is 6.07 Å². The Balaban J connectivity index is 2.10. The quantitative estimate of drug-likeness (QED) is 0.778. The summed E-state index contributed by atoms with van der Waals surface area (Å²) in [6.07, 6.45) is 0. The number of nitrogens with two attached hydrogens (primary N) is 1. The third-order valence-corrected chi connectivity index (χ3v) is 3.64. The second-order valence-electron chi connectivity index (χ2n) is 5.12. The highest BCUT2D eigenvalue weighted by atomic mass is 19.1. The number of benzene rings is 2. The van der Waals surface area contributed by atoms with Gasteiger partial charge in [0.1, 0.15) is 11.6 Å². The average molecular weight is 303 g/mol. The van der Waals surface area contributed by atoms with E-state index in [1.165, 1.54) is 12.1 Å². The van der Waals surface area contributed by atoms with Gasteiger partial charge in [0.15, 0.2) is 5.82 Å². The van der Waals surface area contributed by atoms with Crippen LogP contribution < -0.4 is 5.73 Å². The van der Waals surface area contributed by atoms with Gasteiger partial charge in [0.05, 0.1) is 12.1 Å². The number of anilines is 1. The number of nitrogens with zero attached hydrogens (tertiary/aromatic N) is 1. The van der Waals surface area contributed by atoms with Crippen LogP contribution in [-0.2, 0) is 4.74 Å². The molecule has 0 fully saturated rings. The van der Waals surface area contributed by atoms with Gasteiger partial charge in [-0.15, -0.1) is 0 Å². The van der Waals surface area contributed by atoms with E-state index < -0.39 is 11.6 Å². The van der Waals surface area contributed by atoms with Crippen LogP contribution in [0, 0.1) is 11.6 Å². The first-order valence-corrected chi connectivity index (χ1v) is 6.77. The number of rotatable bonds is 4. The second-order valence-corrected chi connectivity index (χ2v) is 5.12. The smallest absolute Gasteiger partial charge is 0.153 e. The molecule has 0 radical (unpaired) electrons. The van der Waals surface area contributed by atoms with E-state index in [4.69, 9.17) is 10.5 Å². The molecule has 6 heteroatoms. The van der Waals surface area contributed by atoms with Gasteiger partial charge in [-0.2, -0.15) is 5.10 Å². The first kappa shape index (κ1) is 14.5.